The molecule has 0 bridgehead atoms. The van der Waals surface area contributed by atoms with Gasteiger partial charge in [-0.05, 0) is 19.9 Å². The Morgan fingerprint density at radius 2 is 2.53 bits per heavy atom. The van der Waals surface area contributed by atoms with Crippen LogP contribution in [0.2, 0.25) is 0 Å². The van der Waals surface area contributed by atoms with Crippen LogP contribution >= 0.6 is 0 Å². The molecule has 0 amide bonds. The Balaban J connectivity index is 2.27. The minimum atomic E-state index is 0.242. The molecule has 0 radical (unpaired) electrons. The van der Waals surface area contributed by atoms with Gasteiger partial charge in [-0.15, -0.1) is 0 Å². The summed E-state index contributed by atoms with van der Waals surface area (Å²) in [6.07, 6.45) is 5.10. The van der Waals surface area contributed by atoms with Gasteiger partial charge in [-0.25, -0.2) is 4.98 Å². The molecule has 1 aliphatic rings. The molecule has 1 fully saturated rings. The number of hydrogen-bond donors (Lipinski definition) is 1. The summed E-state index contributed by atoms with van der Waals surface area (Å²) >= 11 is 0. The first kappa shape index (κ1) is 10.4. The number of imidazole rings is 1. The van der Waals surface area contributed by atoms with Gasteiger partial charge in [0.15, 0.2) is 0 Å². The Labute approximate surface area is 91.2 Å². The maximum Gasteiger partial charge on any atom is 0.0951 e. The molecule has 0 saturated carbocycles. The second-order valence-corrected chi connectivity index (χ2v) is 4.85. The highest BCUT2D eigenvalue weighted by Crippen LogP contribution is 2.29. The molecule has 0 spiro atoms. The van der Waals surface area contributed by atoms with Gasteiger partial charge in [0.2, 0.25) is 0 Å². The molecule has 2 heterocycles. The van der Waals surface area contributed by atoms with E-state index in [0.717, 1.165) is 19.6 Å². The van der Waals surface area contributed by atoms with Gasteiger partial charge >= 0.3 is 0 Å². The van der Waals surface area contributed by atoms with Crippen LogP contribution in [0.15, 0.2) is 24.7 Å². The van der Waals surface area contributed by atoms with E-state index in [4.69, 9.17) is 0 Å². The molecule has 1 unspecified atom stereocenters. The summed E-state index contributed by atoms with van der Waals surface area (Å²) in [5.74, 6) is 0. The van der Waals surface area contributed by atoms with E-state index in [1.807, 2.05) is 12.5 Å². The van der Waals surface area contributed by atoms with E-state index in [2.05, 4.69) is 35.3 Å². The SMILES string of the molecule is C=C(C)Cn1cncc1C1(C)CCNC1. The van der Waals surface area contributed by atoms with E-state index in [1.54, 1.807) is 0 Å². The lowest BCUT2D eigenvalue weighted by Crippen LogP contribution is -2.28. The molecule has 1 N–H and O–H groups in total. The molecule has 0 aliphatic carbocycles. The van der Waals surface area contributed by atoms with Crippen LogP contribution in [-0.4, -0.2) is 22.6 Å². The molecule has 1 aliphatic heterocycles. The number of aromatic nitrogens is 2. The van der Waals surface area contributed by atoms with Crippen molar-refractivity contribution in [1.29, 1.82) is 0 Å². The predicted octanol–water partition coefficient (Wildman–Crippen LogP) is 1.71. The minimum absolute atomic E-state index is 0.242. The lowest BCUT2D eigenvalue weighted by atomic mass is 9.86. The maximum absolute atomic E-state index is 4.26. The van der Waals surface area contributed by atoms with E-state index in [1.165, 1.54) is 17.7 Å². The van der Waals surface area contributed by atoms with Crippen molar-refractivity contribution in [2.75, 3.05) is 13.1 Å². The molecule has 1 saturated heterocycles. The second kappa shape index (κ2) is 3.81. The fourth-order valence-corrected chi connectivity index (χ4v) is 2.28. The van der Waals surface area contributed by atoms with Crippen molar-refractivity contribution < 1.29 is 0 Å². The van der Waals surface area contributed by atoms with Crippen LogP contribution in [0.1, 0.15) is 26.0 Å². The fourth-order valence-electron chi connectivity index (χ4n) is 2.28. The fraction of sp³-hybridized carbons (Fsp3) is 0.583. The lowest BCUT2D eigenvalue weighted by Gasteiger charge is -2.24. The van der Waals surface area contributed by atoms with E-state index < -0.39 is 0 Å². The highest BCUT2D eigenvalue weighted by Gasteiger charge is 2.33. The molecular weight excluding hydrogens is 186 g/mol. The second-order valence-electron chi connectivity index (χ2n) is 4.85. The van der Waals surface area contributed by atoms with Crippen LogP contribution in [0.25, 0.3) is 0 Å². The Bertz CT molecular complexity index is 359. The molecular formula is C12H19N3. The standard InChI is InChI=1S/C12H19N3/c1-10(2)7-15-9-14-6-11(15)12(3)4-5-13-8-12/h6,9,13H,1,4-5,7-8H2,2-3H3. The van der Waals surface area contributed by atoms with Crippen molar-refractivity contribution in [2.24, 2.45) is 0 Å². The van der Waals surface area contributed by atoms with Gasteiger partial charge < -0.3 is 9.88 Å². The van der Waals surface area contributed by atoms with Crippen LogP contribution < -0.4 is 5.32 Å². The van der Waals surface area contributed by atoms with Crippen LogP contribution in [0.5, 0.6) is 0 Å². The van der Waals surface area contributed by atoms with Crippen molar-refractivity contribution in [1.82, 2.24) is 14.9 Å². The monoisotopic (exact) mass is 205 g/mol. The zero-order chi connectivity index (χ0) is 10.9. The number of hydrogen-bond acceptors (Lipinski definition) is 2. The number of rotatable bonds is 3. The van der Waals surface area contributed by atoms with Crippen LogP contribution in [0, 0.1) is 0 Å². The van der Waals surface area contributed by atoms with Crippen molar-refractivity contribution in [2.45, 2.75) is 32.2 Å². The van der Waals surface area contributed by atoms with Gasteiger partial charge in [0, 0.05) is 30.4 Å². The van der Waals surface area contributed by atoms with Crippen molar-refractivity contribution >= 4 is 0 Å². The molecule has 15 heavy (non-hydrogen) atoms. The van der Waals surface area contributed by atoms with Crippen LogP contribution in [-0.2, 0) is 12.0 Å². The normalized spacial score (nSPS) is 25.7. The van der Waals surface area contributed by atoms with Crippen molar-refractivity contribution in [3.05, 3.63) is 30.4 Å². The summed E-state index contributed by atoms with van der Waals surface area (Å²) in [4.78, 5) is 4.26. The molecule has 82 valence electrons. The van der Waals surface area contributed by atoms with Crippen LogP contribution in [0.4, 0.5) is 0 Å². The molecule has 0 aromatic carbocycles. The molecule has 3 nitrogen and oxygen atoms in total. The highest BCUT2D eigenvalue weighted by atomic mass is 15.1. The maximum atomic E-state index is 4.26. The van der Waals surface area contributed by atoms with Gasteiger partial charge in [-0.1, -0.05) is 19.1 Å². The summed E-state index contributed by atoms with van der Waals surface area (Å²) in [5, 5.41) is 3.42. The zero-order valence-electron chi connectivity index (χ0n) is 9.58. The van der Waals surface area contributed by atoms with Crippen LogP contribution in [0.3, 0.4) is 0 Å². The third kappa shape index (κ3) is 1.97. The summed E-state index contributed by atoms with van der Waals surface area (Å²) in [6.45, 7) is 11.4. The van der Waals surface area contributed by atoms with Crippen molar-refractivity contribution in [3.63, 3.8) is 0 Å². The Morgan fingerprint density at radius 1 is 1.73 bits per heavy atom. The topological polar surface area (TPSA) is 29.9 Å². The summed E-state index contributed by atoms with van der Waals surface area (Å²) in [5.41, 5.74) is 2.74. The Morgan fingerprint density at radius 3 is 3.13 bits per heavy atom. The van der Waals surface area contributed by atoms with Gasteiger partial charge in [0.05, 0.1) is 6.33 Å². The first-order valence-electron chi connectivity index (χ1n) is 5.47. The third-order valence-corrected chi connectivity index (χ3v) is 3.14. The number of nitrogens with zero attached hydrogens (tertiary/aromatic N) is 2. The highest BCUT2D eigenvalue weighted by molar-refractivity contribution is 5.18. The van der Waals surface area contributed by atoms with Gasteiger partial charge in [-0.3, -0.25) is 0 Å². The molecule has 1 aromatic rings. The Hall–Kier alpha value is -1.09. The molecule has 2 rings (SSSR count). The largest absolute Gasteiger partial charge is 0.330 e. The van der Waals surface area contributed by atoms with E-state index in [0.29, 0.717) is 0 Å². The molecule has 1 aromatic heterocycles. The summed E-state index contributed by atoms with van der Waals surface area (Å²) < 4.78 is 2.22. The van der Waals surface area contributed by atoms with E-state index in [9.17, 15) is 0 Å². The van der Waals surface area contributed by atoms with Gasteiger partial charge in [0.25, 0.3) is 0 Å². The predicted molar refractivity (Wildman–Crippen MR) is 61.9 cm³/mol. The van der Waals surface area contributed by atoms with E-state index in [-0.39, 0.29) is 5.41 Å². The summed E-state index contributed by atoms with van der Waals surface area (Å²) in [7, 11) is 0. The quantitative estimate of drug-likeness (QED) is 0.761. The molecule has 3 heteroatoms. The van der Waals surface area contributed by atoms with Crippen molar-refractivity contribution in [3.8, 4) is 0 Å². The Kier molecular flexibility index (Phi) is 2.65. The van der Waals surface area contributed by atoms with Gasteiger partial charge in [-0.2, -0.15) is 0 Å². The van der Waals surface area contributed by atoms with Gasteiger partial charge in [0.1, 0.15) is 0 Å². The third-order valence-electron chi connectivity index (χ3n) is 3.14. The molecule has 1 atom stereocenters. The minimum Gasteiger partial charge on any atom is -0.330 e. The summed E-state index contributed by atoms with van der Waals surface area (Å²) in [6, 6.07) is 0. The lowest BCUT2D eigenvalue weighted by molar-refractivity contribution is 0.480. The smallest absolute Gasteiger partial charge is 0.0951 e. The number of allylic oxidation sites excluding steroid dienone is 1. The average molecular weight is 205 g/mol. The first-order valence-corrected chi connectivity index (χ1v) is 5.47. The first-order chi connectivity index (χ1) is 7.12. The average Bonchev–Trinajstić information content (AvgIpc) is 2.73. The van der Waals surface area contributed by atoms with E-state index >= 15 is 0 Å². The zero-order valence-corrected chi connectivity index (χ0v) is 9.58. The number of nitrogens with one attached hydrogen (secondary N) is 1.